The van der Waals surface area contributed by atoms with Crippen LogP contribution in [-0.2, 0) is 23.6 Å². The maximum absolute atomic E-state index is 13.2. The third-order valence-electron chi connectivity index (χ3n) is 10.7. The fraction of sp³-hybridized carbons (Fsp3) is 0.450. The van der Waals surface area contributed by atoms with E-state index in [4.69, 9.17) is 14.7 Å². The van der Waals surface area contributed by atoms with Gasteiger partial charge in [0.2, 0.25) is 0 Å². The monoisotopic (exact) mass is 660 g/mol. The number of hydrogen-bond acceptors (Lipinski definition) is 6. The average Bonchev–Trinajstić information content (AvgIpc) is 3.66. The first-order chi connectivity index (χ1) is 24.0. The molecule has 5 aromatic rings. The smallest absolute Gasteiger partial charge is 0.308 e. The molecule has 2 heterocycles. The minimum absolute atomic E-state index is 0.0741. The van der Waals surface area contributed by atoms with Gasteiger partial charge in [-0.15, -0.1) is 0 Å². The molecule has 2 aromatic heterocycles. The summed E-state index contributed by atoms with van der Waals surface area (Å²) in [5.74, 6) is 2.03. The van der Waals surface area contributed by atoms with Crippen molar-refractivity contribution in [3.63, 3.8) is 0 Å². The van der Waals surface area contributed by atoms with E-state index in [2.05, 4.69) is 45.0 Å². The Bertz CT molecular complexity index is 1900. The Labute approximate surface area is 288 Å². The molecule has 49 heavy (non-hydrogen) atoms. The van der Waals surface area contributed by atoms with Gasteiger partial charge in [0.25, 0.3) is 5.91 Å². The zero-order valence-electron chi connectivity index (χ0n) is 28.7. The van der Waals surface area contributed by atoms with Crippen LogP contribution in [0.5, 0.6) is 0 Å². The highest BCUT2D eigenvalue weighted by molar-refractivity contribution is 5.94. The highest BCUT2D eigenvalue weighted by Gasteiger charge is 2.32. The molecule has 0 radical (unpaired) electrons. The van der Waals surface area contributed by atoms with Crippen LogP contribution in [0.2, 0.25) is 0 Å². The van der Waals surface area contributed by atoms with Gasteiger partial charge in [-0.05, 0) is 80.1 Å². The van der Waals surface area contributed by atoms with Gasteiger partial charge >= 0.3 is 5.97 Å². The summed E-state index contributed by atoms with van der Waals surface area (Å²) in [7, 11) is 4.09. The van der Waals surface area contributed by atoms with Crippen molar-refractivity contribution in [2.24, 2.45) is 25.9 Å². The minimum Gasteiger partial charge on any atom is -0.454 e. The van der Waals surface area contributed by atoms with Crippen molar-refractivity contribution in [3.8, 4) is 0 Å². The molecule has 9 nitrogen and oxygen atoms in total. The number of imidazole rings is 2. The van der Waals surface area contributed by atoms with Gasteiger partial charge in [-0.25, -0.2) is 9.97 Å². The molecule has 7 rings (SSSR count). The number of hydrogen-bond donors (Lipinski definition) is 2. The largest absolute Gasteiger partial charge is 0.454 e. The van der Waals surface area contributed by atoms with Gasteiger partial charge in [-0.3, -0.25) is 9.59 Å². The van der Waals surface area contributed by atoms with Gasteiger partial charge in [0.15, 0.2) is 11.9 Å². The Morgan fingerprint density at radius 1 is 0.735 bits per heavy atom. The molecule has 2 saturated carbocycles. The topological polar surface area (TPSA) is 103 Å². The van der Waals surface area contributed by atoms with Crippen LogP contribution in [0.4, 0.5) is 5.69 Å². The predicted octanol–water partition coefficient (Wildman–Crippen LogP) is 8.18. The first-order valence-electron chi connectivity index (χ1n) is 18.1. The van der Waals surface area contributed by atoms with Gasteiger partial charge in [-0.2, -0.15) is 0 Å². The number of nitrogens with one attached hydrogen (secondary N) is 2. The molecule has 0 aliphatic heterocycles. The molecule has 0 saturated heterocycles. The van der Waals surface area contributed by atoms with E-state index in [0.717, 1.165) is 65.1 Å². The van der Waals surface area contributed by atoms with Crippen molar-refractivity contribution >= 4 is 39.6 Å². The second kappa shape index (κ2) is 14.8. The number of ether oxygens (including phenoxy) is 1. The lowest BCUT2D eigenvalue weighted by Gasteiger charge is -2.31. The Morgan fingerprint density at radius 3 is 1.90 bits per heavy atom. The Hall–Kier alpha value is -4.66. The molecule has 2 aliphatic rings. The number of aryl methyl sites for hydroxylation is 2. The minimum atomic E-state index is -0.400. The highest BCUT2D eigenvalue weighted by atomic mass is 16.5. The predicted molar refractivity (Wildman–Crippen MR) is 193 cm³/mol. The molecule has 2 aliphatic carbocycles. The molecule has 3 aromatic carbocycles. The maximum atomic E-state index is 13.2. The van der Waals surface area contributed by atoms with Gasteiger partial charge in [0.1, 0.15) is 5.82 Å². The molecule has 2 fully saturated rings. The Morgan fingerprint density at radius 2 is 1.29 bits per heavy atom. The van der Waals surface area contributed by atoms with E-state index < -0.39 is 6.10 Å². The van der Waals surface area contributed by atoms with E-state index in [9.17, 15) is 9.59 Å². The summed E-state index contributed by atoms with van der Waals surface area (Å²) in [6.45, 7) is 0.202. The highest BCUT2D eigenvalue weighted by Crippen LogP contribution is 2.39. The fourth-order valence-electron chi connectivity index (χ4n) is 8.00. The number of rotatable bonds is 11. The molecule has 2 atom stereocenters. The normalized spacial score (nSPS) is 17.2. The summed E-state index contributed by atoms with van der Waals surface area (Å²) >= 11 is 0. The van der Waals surface area contributed by atoms with Crippen molar-refractivity contribution in [2.45, 2.75) is 82.8 Å². The summed E-state index contributed by atoms with van der Waals surface area (Å²) in [5, 5.41) is 6.70. The van der Waals surface area contributed by atoms with Crippen LogP contribution >= 0.6 is 0 Å². The summed E-state index contributed by atoms with van der Waals surface area (Å²) < 4.78 is 10.4. The molecule has 0 bridgehead atoms. The molecular weight excluding hydrogens is 612 g/mol. The lowest BCUT2D eigenvalue weighted by Crippen LogP contribution is -2.29. The van der Waals surface area contributed by atoms with Crippen molar-refractivity contribution < 1.29 is 14.3 Å². The van der Waals surface area contributed by atoms with Crippen molar-refractivity contribution in [1.82, 2.24) is 24.4 Å². The van der Waals surface area contributed by atoms with Crippen LogP contribution in [0.3, 0.4) is 0 Å². The van der Waals surface area contributed by atoms with E-state index in [1.54, 1.807) is 0 Å². The van der Waals surface area contributed by atoms with Crippen LogP contribution in [0, 0.1) is 11.8 Å². The number of carbonyl (C=O) groups is 2. The summed E-state index contributed by atoms with van der Waals surface area (Å²) in [6.07, 6.45) is 11.3. The first-order valence-corrected chi connectivity index (χ1v) is 18.1. The summed E-state index contributed by atoms with van der Waals surface area (Å²) in [4.78, 5) is 36.2. The van der Waals surface area contributed by atoms with E-state index in [1.165, 1.54) is 38.5 Å². The fourth-order valence-corrected chi connectivity index (χ4v) is 8.00. The first kappa shape index (κ1) is 32.9. The molecule has 9 heteroatoms. The number of para-hydroxylation sites is 4. The zero-order chi connectivity index (χ0) is 33.7. The number of anilines is 1. The van der Waals surface area contributed by atoms with Crippen molar-refractivity contribution in [3.05, 3.63) is 90.0 Å². The number of esters is 1. The number of aromatic nitrogens is 4. The average molecular weight is 661 g/mol. The van der Waals surface area contributed by atoms with E-state index in [-0.39, 0.29) is 36.8 Å². The Balaban J connectivity index is 0.976. The zero-order valence-corrected chi connectivity index (χ0v) is 28.7. The van der Waals surface area contributed by atoms with Gasteiger partial charge in [0.05, 0.1) is 34.5 Å². The van der Waals surface area contributed by atoms with E-state index in [0.29, 0.717) is 11.5 Å². The van der Waals surface area contributed by atoms with Gasteiger partial charge < -0.3 is 24.5 Å². The van der Waals surface area contributed by atoms with E-state index >= 15 is 0 Å². The maximum Gasteiger partial charge on any atom is 0.308 e. The van der Waals surface area contributed by atoms with Gasteiger partial charge in [0, 0.05) is 37.8 Å². The van der Waals surface area contributed by atoms with Gasteiger partial charge in [-0.1, -0.05) is 62.8 Å². The van der Waals surface area contributed by atoms with Crippen LogP contribution in [-0.4, -0.2) is 37.5 Å². The van der Waals surface area contributed by atoms with Crippen molar-refractivity contribution in [2.75, 3.05) is 11.9 Å². The SMILES string of the molecule is Cn1c(C(Nc2ccc(C(=O)NCCC(=O)OC(c3nc4ccccc4n3C)C3CCCCC3)cc2)C2CCCCC2)nc2ccccc21. The van der Waals surface area contributed by atoms with Crippen LogP contribution in [0.25, 0.3) is 22.1 Å². The molecular formula is C40H48N6O3. The second-order valence-corrected chi connectivity index (χ2v) is 13.9. The van der Waals surface area contributed by atoms with Crippen LogP contribution in [0.1, 0.15) is 105 Å². The van der Waals surface area contributed by atoms with Crippen molar-refractivity contribution in [1.29, 1.82) is 0 Å². The standard InChI is InChI=1S/C40H48N6O3/c1-45-33-19-11-9-17-31(33)43-38(45)36(27-13-5-3-6-14-27)42-30-23-21-29(22-24-30)40(48)41-26-25-35(47)49-37(28-15-7-4-8-16-28)39-44-32-18-10-12-20-34(32)46(39)2/h9-12,17-24,27-28,36-37,42H,3-8,13-16,25-26H2,1-2H3,(H,41,48). The number of amides is 1. The molecule has 0 spiro atoms. The third-order valence-corrected chi connectivity index (χ3v) is 10.7. The summed E-state index contributed by atoms with van der Waals surface area (Å²) in [5.41, 5.74) is 5.57. The summed E-state index contributed by atoms with van der Waals surface area (Å²) in [6, 6.07) is 24.0. The molecule has 2 unspecified atom stereocenters. The molecule has 2 N–H and O–H groups in total. The lowest BCUT2D eigenvalue weighted by molar-refractivity contribution is -0.153. The third kappa shape index (κ3) is 7.21. The number of carbonyl (C=O) groups excluding carboxylic acids is 2. The number of benzene rings is 3. The number of nitrogens with zero attached hydrogens (tertiary/aromatic N) is 4. The number of fused-ring (bicyclic) bond motifs is 2. The lowest BCUT2D eigenvalue weighted by atomic mass is 9.83. The van der Waals surface area contributed by atoms with E-state index in [1.807, 2.05) is 61.6 Å². The quantitative estimate of drug-likeness (QED) is 0.139. The van der Waals surface area contributed by atoms with Crippen LogP contribution in [0.15, 0.2) is 72.8 Å². The molecule has 256 valence electrons. The Kier molecular flexibility index (Phi) is 9.96. The van der Waals surface area contributed by atoms with Crippen LogP contribution < -0.4 is 10.6 Å². The molecule has 1 amide bonds. The second-order valence-electron chi connectivity index (χ2n) is 13.9.